The number of esters is 1. The molecule has 17 heavy (non-hydrogen) atoms. The number of nitrogens with one attached hydrogen (secondary N) is 1. The van der Waals surface area contributed by atoms with E-state index in [1.807, 2.05) is 6.26 Å². The molecule has 1 N–H and O–H groups in total. The second kappa shape index (κ2) is 6.96. The van der Waals surface area contributed by atoms with Crippen LogP contribution in [-0.4, -0.2) is 31.0 Å². The lowest BCUT2D eigenvalue weighted by Gasteiger charge is -2.06. The van der Waals surface area contributed by atoms with Gasteiger partial charge in [-0.15, -0.1) is 0 Å². The zero-order valence-corrected chi connectivity index (χ0v) is 10.7. The predicted molar refractivity (Wildman–Crippen MR) is 69.4 cm³/mol. The third-order valence-corrected chi connectivity index (χ3v) is 2.71. The molecule has 0 aliphatic carbocycles. The van der Waals surface area contributed by atoms with E-state index in [1.165, 1.54) is 7.11 Å². The van der Waals surface area contributed by atoms with E-state index in [0.29, 0.717) is 17.7 Å². The first kappa shape index (κ1) is 13.6. The molecule has 1 amide bonds. The third-order valence-electron chi connectivity index (χ3n) is 2.10. The van der Waals surface area contributed by atoms with Gasteiger partial charge in [-0.3, -0.25) is 4.79 Å². The fraction of sp³-hybridized carbons (Fsp3) is 0.333. The normalized spacial score (nSPS) is 9.76. The predicted octanol–water partition coefficient (Wildman–Crippen LogP) is 2.16. The number of benzene rings is 1. The van der Waals surface area contributed by atoms with Gasteiger partial charge in [0.2, 0.25) is 5.91 Å². The van der Waals surface area contributed by atoms with Gasteiger partial charge in [0.25, 0.3) is 0 Å². The maximum atomic E-state index is 11.5. The number of rotatable bonds is 5. The number of amides is 1. The summed E-state index contributed by atoms with van der Waals surface area (Å²) in [6.07, 6.45) is 2.41. The molecule has 1 aromatic carbocycles. The van der Waals surface area contributed by atoms with E-state index in [2.05, 4.69) is 10.1 Å². The standard InChI is InChI=1S/C12H15NO3S/c1-16-12(15)9-4-3-5-10(8-9)13-11(14)6-7-17-2/h3-5,8H,6-7H2,1-2H3,(H,13,14). The van der Waals surface area contributed by atoms with Crippen LogP contribution in [0, 0.1) is 0 Å². The van der Waals surface area contributed by atoms with Crippen molar-refractivity contribution in [2.75, 3.05) is 24.4 Å². The van der Waals surface area contributed by atoms with Gasteiger partial charge in [0.15, 0.2) is 0 Å². The Morgan fingerprint density at radius 2 is 2.18 bits per heavy atom. The van der Waals surface area contributed by atoms with Crippen molar-refractivity contribution in [3.05, 3.63) is 29.8 Å². The summed E-state index contributed by atoms with van der Waals surface area (Å²) in [6.45, 7) is 0. The van der Waals surface area contributed by atoms with Crippen LogP contribution in [-0.2, 0) is 9.53 Å². The van der Waals surface area contributed by atoms with E-state index in [4.69, 9.17) is 0 Å². The molecule has 0 saturated carbocycles. The molecule has 0 aromatic heterocycles. The van der Waals surface area contributed by atoms with Gasteiger partial charge in [0, 0.05) is 17.9 Å². The van der Waals surface area contributed by atoms with Crippen LogP contribution in [0.2, 0.25) is 0 Å². The molecule has 5 heteroatoms. The maximum absolute atomic E-state index is 11.5. The molecular weight excluding hydrogens is 238 g/mol. The highest BCUT2D eigenvalue weighted by atomic mass is 32.2. The van der Waals surface area contributed by atoms with E-state index in [-0.39, 0.29) is 5.91 Å². The SMILES string of the molecule is COC(=O)c1cccc(NC(=O)CCSC)c1. The Bertz CT molecular complexity index is 406. The molecule has 1 rings (SSSR count). The average Bonchev–Trinajstić information content (AvgIpc) is 2.35. The Labute approximate surface area is 105 Å². The van der Waals surface area contributed by atoms with Crippen molar-refractivity contribution in [1.82, 2.24) is 0 Å². The van der Waals surface area contributed by atoms with E-state index >= 15 is 0 Å². The van der Waals surface area contributed by atoms with E-state index in [9.17, 15) is 9.59 Å². The second-order valence-electron chi connectivity index (χ2n) is 3.36. The van der Waals surface area contributed by atoms with Crippen molar-refractivity contribution >= 4 is 29.3 Å². The smallest absolute Gasteiger partial charge is 0.337 e. The van der Waals surface area contributed by atoms with Crippen molar-refractivity contribution in [1.29, 1.82) is 0 Å². The van der Waals surface area contributed by atoms with Gasteiger partial charge in [-0.25, -0.2) is 4.79 Å². The van der Waals surface area contributed by atoms with Crippen molar-refractivity contribution in [2.45, 2.75) is 6.42 Å². The highest BCUT2D eigenvalue weighted by Gasteiger charge is 2.07. The number of anilines is 1. The lowest BCUT2D eigenvalue weighted by atomic mass is 10.2. The molecule has 0 heterocycles. The number of methoxy groups -OCH3 is 1. The molecule has 0 aliphatic rings. The van der Waals surface area contributed by atoms with Crippen LogP contribution in [0.5, 0.6) is 0 Å². The lowest BCUT2D eigenvalue weighted by molar-refractivity contribution is -0.115. The second-order valence-corrected chi connectivity index (χ2v) is 4.35. The van der Waals surface area contributed by atoms with Gasteiger partial charge >= 0.3 is 5.97 Å². The summed E-state index contributed by atoms with van der Waals surface area (Å²) in [6, 6.07) is 6.69. The third kappa shape index (κ3) is 4.48. The summed E-state index contributed by atoms with van der Waals surface area (Å²) in [7, 11) is 1.33. The Hall–Kier alpha value is -1.49. The Kier molecular flexibility index (Phi) is 5.56. The van der Waals surface area contributed by atoms with Crippen molar-refractivity contribution in [2.24, 2.45) is 0 Å². The number of hydrogen-bond donors (Lipinski definition) is 1. The summed E-state index contributed by atoms with van der Waals surface area (Å²) >= 11 is 1.62. The molecule has 0 saturated heterocycles. The quantitative estimate of drug-likeness (QED) is 0.817. The van der Waals surface area contributed by atoms with Gasteiger partial charge in [-0.1, -0.05) is 6.07 Å². The van der Waals surface area contributed by atoms with Crippen molar-refractivity contribution < 1.29 is 14.3 Å². The van der Waals surface area contributed by atoms with Crippen LogP contribution >= 0.6 is 11.8 Å². The molecule has 0 bridgehead atoms. The molecule has 4 nitrogen and oxygen atoms in total. The van der Waals surface area contributed by atoms with Crippen LogP contribution in [0.15, 0.2) is 24.3 Å². The minimum atomic E-state index is -0.412. The summed E-state index contributed by atoms with van der Waals surface area (Å²) in [5.74, 6) is 0.314. The minimum absolute atomic E-state index is 0.0543. The van der Waals surface area contributed by atoms with Crippen LogP contribution < -0.4 is 5.32 Å². The molecule has 0 spiro atoms. The topological polar surface area (TPSA) is 55.4 Å². The van der Waals surface area contributed by atoms with Crippen LogP contribution in [0.4, 0.5) is 5.69 Å². The largest absolute Gasteiger partial charge is 0.465 e. The average molecular weight is 253 g/mol. The molecule has 0 aliphatic heterocycles. The van der Waals surface area contributed by atoms with Gasteiger partial charge in [-0.2, -0.15) is 11.8 Å². The van der Waals surface area contributed by atoms with E-state index in [0.717, 1.165) is 5.75 Å². The molecule has 0 unspecified atom stereocenters. The molecule has 0 atom stereocenters. The van der Waals surface area contributed by atoms with Crippen LogP contribution in [0.3, 0.4) is 0 Å². The molecule has 92 valence electrons. The van der Waals surface area contributed by atoms with Crippen molar-refractivity contribution in [3.63, 3.8) is 0 Å². The Balaban J connectivity index is 2.65. The first-order valence-corrected chi connectivity index (χ1v) is 6.54. The van der Waals surface area contributed by atoms with Gasteiger partial charge in [0.05, 0.1) is 12.7 Å². The first-order valence-electron chi connectivity index (χ1n) is 5.14. The Morgan fingerprint density at radius 1 is 1.41 bits per heavy atom. The van der Waals surface area contributed by atoms with Crippen LogP contribution in [0.1, 0.15) is 16.8 Å². The summed E-state index contributed by atoms with van der Waals surface area (Å²) in [5.41, 5.74) is 1.04. The summed E-state index contributed by atoms with van der Waals surface area (Å²) in [5, 5.41) is 2.74. The highest BCUT2D eigenvalue weighted by Crippen LogP contribution is 2.12. The molecule has 0 fully saturated rings. The summed E-state index contributed by atoms with van der Waals surface area (Å²) in [4.78, 5) is 22.8. The number of carbonyl (C=O) groups excluding carboxylic acids is 2. The van der Waals surface area contributed by atoms with Gasteiger partial charge < -0.3 is 10.1 Å². The number of ether oxygens (including phenoxy) is 1. The van der Waals surface area contributed by atoms with E-state index < -0.39 is 5.97 Å². The van der Waals surface area contributed by atoms with Gasteiger partial charge in [0.1, 0.15) is 0 Å². The molecule has 1 aromatic rings. The zero-order valence-electron chi connectivity index (χ0n) is 9.86. The van der Waals surface area contributed by atoms with Crippen molar-refractivity contribution in [3.8, 4) is 0 Å². The Morgan fingerprint density at radius 3 is 2.82 bits per heavy atom. The van der Waals surface area contributed by atoms with Gasteiger partial charge in [-0.05, 0) is 24.5 Å². The molecular formula is C12H15NO3S. The molecule has 0 radical (unpaired) electrons. The highest BCUT2D eigenvalue weighted by molar-refractivity contribution is 7.98. The monoisotopic (exact) mass is 253 g/mol. The zero-order chi connectivity index (χ0) is 12.7. The van der Waals surface area contributed by atoms with E-state index in [1.54, 1.807) is 36.0 Å². The summed E-state index contributed by atoms with van der Waals surface area (Å²) < 4.78 is 4.61. The van der Waals surface area contributed by atoms with Crippen LogP contribution in [0.25, 0.3) is 0 Å². The fourth-order valence-corrected chi connectivity index (χ4v) is 1.65. The maximum Gasteiger partial charge on any atom is 0.337 e. The minimum Gasteiger partial charge on any atom is -0.465 e. The fourth-order valence-electron chi connectivity index (χ4n) is 1.26. The lowest BCUT2D eigenvalue weighted by Crippen LogP contribution is -2.12. The first-order chi connectivity index (χ1) is 8.17. The number of carbonyl (C=O) groups is 2. The number of thioether (sulfide) groups is 1. The number of hydrogen-bond acceptors (Lipinski definition) is 4.